The Morgan fingerprint density at radius 2 is 1.31 bits per heavy atom. The molecule has 0 atom stereocenters. The Labute approximate surface area is 149 Å². The van der Waals surface area contributed by atoms with Crippen molar-refractivity contribution < 1.29 is 22.6 Å². The standard InChI is InChI=1S/C21H17F3O2/c1-2-25-17-9-7-15(8-10-17)14-3-5-16(6-4-14)19-12-11-18(13-20(19)22)26-21(23)24/h3-13,21H,2H2,1H3. The summed E-state index contributed by atoms with van der Waals surface area (Å²) >= 11 is 0. The summed E-state index contributed by atoms with van der Waals surface area (Å²) < 4.78 is 48.2. The summed E-state index contributed by atoms with van der Waals surface area (Å²) in [5.41, 5.74) is 2.97. The summed E-state index contributed by atoms with van der Waals surface area (Å²) in [7, 11) is 0. The van der Waals surface area contributed by atoms with Gasteiger partial charge in [0, 0.05) is 11.6 Å². The quantitative estimate of drug-likeness (QED) is 0.525. The Kier molecular flexibility index (Phi) is 5.46. The number of ether oxygens (including phenoxy) is 2. The molecule has 0 unspecified atom stereocenters. The van der Waals surface area contributed by atoms with Gasteiger partial charge in [0.2, 0.25) is 0 Å². The molecule has 0 N–H and O–H groups in total. The molecule has 3 aromatic carbocycles. The molecule has 3 aromatic rings. The predicted molar refractivity (Wildman–Crippen MR) is 95.1 cm³/mol. The first kappa shape index (κ1) is 17.9. The van der Waals surface area contributed by atoms with Crippen LogP contribution in [-0.2, 0) is 0 Å². The summed E-state index contributed by atoms with van der Waals surface area (Å²) in [6.07, 6.45) is 0. The number of alkyl halides is 2. The van der Waals surface area contributed by atoms with Crippen molar-refractivity contribution in [1.29, 1.82) is 0 Å². The highest BCUT2D eigenvalue weighted by Crippen LogP contribution is 2.29. The van der Waals surface area contributed by atoms with Crippen molar-refractivity contribution in [3.05, 3.63) is 72.5 Å². The third-order valence-corrected chi connectivity index (χ3v) is 3.86. The fraction of sp³-hybridized carbons (Fsp3) is 0.143. The Morgan fingerprint density at radius 1 is 0.769 bits per heavy atom. The van der Waals surface area contributed by atoms with Crippen molar-refractivity contribution >= 4 is 0 Å². The van der Waals surface area contributed by atoms with E-state index in [1.54, 1.807) is 12.1 Å². The first-order chi connectivity index (χ1) is 12.6. The fourth-order valence-corrected chi connectivity index (χ4v) is 2.66. The van der Waals surface area contributed by atoms with Crippen LogP contribution in [0.1, 0.15) is 6.92 Å². The molecule has 0 heterocycles. The number of halogens is 3. The average molecular weight is 358 g/mol. The van der Waals surface area contributed by atoms with E-state index in [0.29, 0.717) is 17.7 Å². The van der Waals surface area contributed by atoms with Gasteiger partial charge in [-0.15, -0.1) is 0 Å². The van der Waals surface area contributed by atoms with Gasteiger partial charge in [0.25, 0.3) is 0 Å². The summed E-state index contributed by atoms with van der Waals surface area (Å²) in [6, 6.07) is 18.8. The zero-order valence-electron chi connectivity index (χ0n) is 14.1. The van der Waals surface area contributed by atoms with Crippen LogP contribution in [0.2, 0.25) is 0 Å². The monoisotopic (exact) mass is 358 g/mol. The minimum atomic E-state index is -2.98. The van der Waals surface area contributed by atoms with Gasteiger partial charge in [0.05, 0.1) is 6.61 Å². The first-order valence-electron chi connectivity index (χ1n) is 8.15. The summed E-state index contributed by atoms with van der Waals surface area (Å²) in [4.78, 5) is 0. The van der Waals surface area contributed by atoms with Gasteiger partial charge in [-0.3, -0.25) is 0 Å². The van der Waals surface area contributed by atoms with E-state index in [0.717, 1.165) is 22.9 Å². The Balaban J connectivity index is 1.81. The summed E-state index contributed by atoms with van der Waals surface area (Å²) in [5, 5.41) is 0. The maximum atomic E-state index is 14.2. The minimum absolute atomic E-state index is 0.202. The van der Waals surface area contributed by atoms with Gasteiger partial charge in [-0.2, -0.15) is 8.78 Å². The van der Waals surface area contributed by atoms with Crippen molar-refractivity contribution in [3.8, 4) is 33.8 Å². The first-order valence-corrected chi connectivity index (χ1v) is 8.15. The molecule has 0 aliphatic carbocycles. The molecule has 5 heteroatoms. The molecule has 2 nitrogen and oxygen atoms in total. The van der Waals surface area contributed by atoms with Gasteiger partial charge in [0.1, 0.15) is 17.3 Å². The van der Waals surface area contributed by atoms with Crippen LogP contribution in [0.3, 0.4) is 0 Å². The van der Waals surface area contributed by atoms with Crippen molar-refractivity contribution in [2.75, 3.05) is 6.61 Å². The summed E-state index contributed by atoms with van der Waals surface area (Å²) in [6.45, 7) is -0.438. The number of hydrogen-bond donors (Lipinski definition) is 0. The lowest BCUT2D eigenvalue weighted by Gasteiger charge is -2.09. The van der Waals surface area contributed by atoms with Crippen LogP contribution in [0.5, 0.6) is 11.5 Å². The molecule has 26 heavy (non-hydrogen) atoms. The molecule has 0 bridgehead atoms. The molecule has 3 rings (SSSR count). The maximum Gasteiger partial charge on any atom is 0.387 e. The second kappa shape index (κ2) is 7.95. The molecule has 0 aliphatic rings. The lowest BCUT2D eigenvalue weighted by atomic mass is 10.00. The molecular formula is C21H17F3O2. The van der Waals surface area contributed by atoms with E-state index < -0.39 is 12.4 Å². The van der Waals surface area contributed by atoms with Crippen LogP contribution in [0.4, 0.5) is 13.2 Å². The second-order valence-corrected chi connectivity index (χ2v) is 5.55. The number of benzene rings is 3. The van der Waals surface area contributed by atoms with Gasteiger partial charge in [-0.05, 0) is 47.9 Å². The van der Waals surface area contributed by atoms with Gasteiger partial charge < -0.3 is 9.47 Å². The Hall–Kier alpha value is -2.95. The fourth-order valence-electron chi connectivity index (χ4n) is 2.66. The molecule has 0 amide bonds. The van der Waals surface area contributed by atoms with E-state index in [-0.39, 0.29) is 5.75 Å². The van der Waals surface area contributed by atoms with E-state index in [1.165, 1.54) is 12.1 Å². The van der Waals surface area contributed by atoms with E-state index >= 15 is 0 Å². The zero-order valence-corrected chi connectivity index (χ0v) is 14.1. The lowest BCUT2D eigenvalue weighted by molar-refractivity contribution is -0.0499. The van der Waals surface area contributed by atoms with Crippen LogP contribution in [0, 0.1) is 5.82 Å². The van der Waals surface area contributed by atoms with Crippen LogP contribution >= 0.6 is 0 Å². The largest absolute Gasteiger partial charge is 0.494 e. The summed E-state index contributed by atoms with van der Waals surface area (Å²) in [5.74, 6) is -0.00901. The molecule has 0 fully saturated rings. The smallest absolute Gasteiger partial charge is 0.387 e. The van der Waals surface area contributed by atoms with Crippen molar-refractivity contribution in [2.24, 2.45) is 0 Å². The van der Waals surface area contributed by atoms with Crippen molar-refractivity contribution in [1.82, 2.24) is 0 Å². The normalized spacial score (nSPS) is 10.8. The third-order valence-electron chi connectivity index (χ3n) is 3.86. The lowest BCUT2D eigenvalue weighted by Crippen LogP contribution is -2.02. The number of hydrogen-bond acceptors (Lipinski definition) is 2. The van der Waals surface area contributed by atoms with Crippen LogP contribution in [0.25, 0.3) is 22.3 Å². The number of rotatable bonds is 6. The predicted octanol–water partition coefficient (Wildman–Crippen LogP) is 6.16. The zero-order chi connectivity index (χ0) is 18.5. The highest BCUT2D eigenvalue weighted by molar-refractivity contribution is 5.71. The molecule has 0 aromatic heterocycles. The van der Waals surface area contributed by atoms with E-state index in [9.17, 15) is 13.2 Å². The minimum Gasteiger partial charge on any atom is -0.494 e. The van der Waals surface area contributed by atoms with E-state index in [1.807, 2.05) is 43.3 Å². The van der Waals surface area contributed by atoms with E-state index in [2.05, 4.69) is 4.74 Å². The highest BCUT2D eigenvalue weighted by Gasteiger charge is 2.10. The second-order valence-electron chi connectivity index (χ2n) is 5.55. The topological polar surface area (TPSA) is 18.5 Å². The van der Waals surface area contributed by atoms with Gasteiger partial charge in [-0.1, -0.05) is 36.4 Å². The van der Waals surface area contributed by atoms with Crippen LogP contribution in [-0.4, -0.2) is 13.2 Å². The molecule has 0 saturated carbocycles. The van der Waals surface area contributed by atoms with Crippen molar-refractivity contribution in [3.63, 3.8) is 0 Å². The highest BCUT2D eigenvalue weighted by atomic mass is 19.3. The van der Waals surface area contributed by atoms with Gasteiger partial charge in [-0.25, -0.2) is 4.39 Å². The Bertz CT molecular complexity index is 859. The average Bonchev–Trinajstić information content (AvgIpc) is 2.63. The molecular weight excluding hydrogens is 341 g/mol. The molecule has 0 aliphatic heterocycles. The SMILES string of the molecule is CCOc1ccc(-c2ccc(-c3ccc(OC(F)F)cc3F)cc2)cc1. The van der Waals surface area contributed by atoms with Crippen molar-refractivity contribution in [2.45, 2.75) is 13.5 Å². The molecule has 0 radical (unpaired) electrons. The Morgan fingerprint density at radius 3 is 1.85 bits per heavy atom. The van der Waals surface area contributed by atoms with Gasteiger partial charge in [0.15, 0.2) is 0 Å². The molecule has 134 valence electrons. The maximum absolute atomic E-state index is 14.2. The third kappa shape index (κ3) is 4.17. The molecule has 0 spiro atoms. The molecule has 0 saturated heterocycles. The van der Waals surface area contributed by atoms with Crippen LogP contribution < -0.4 is 9.47 Å². The van der Waals surface area contributed by atoms with E-state index in [4.69, 9.17) is 4.74 Å². The van der Waals surface area contributed by atoms with Gasteiger partial charge >= 0.3 is 6.61 Å². The van der Waals surface area contributed by atoms with Crippen LogP contribution in [0.15, 0.2) is 66.7 Å².